The number of terminal acetylenes is 1. The molecule has 1 N–H and O–H groups in total. The quantitative estimate of drug-likeness (QED) is 0.758. The molecule has 0 spiro atoms. The molecular weight excluding hydrogens is 386 g/mol. The molecule has 5 heteroatoms. The van der Waals surface area contributed by atoms with Crippen LogP contribution in [0.25, 0.3) is 0 Å². The lowest BCUT2D eigenvalue weighted by Crippen LogP contribution is -2.63. The monoisotopic (exact) mass is 417 g/mol. The standard InChI is InChI=1S/C26H31N3O2/c1-3-24-26(30,20-11-14-28(24)15-12-20)22-9-10-25(29-16-13-21(18-29)31-2)27-23(22)17-19-7-5-4-6-8-19/h1,4-10,20-21,24,30H,11-18H2,2H3/t21-,24?,26-/m1/s1. The molecule has 0 saturated carbocycles. The Morgan fingerprint density at radius 3 is 2.58 bits per heavy atom. The van der Waals surface area contributed by atoms with Crippen LogP contribution in [0.4, 0.5) is 5.82 Å². The Kier molecular flexibility index (Phi) is 5.47. The Morgan fingerprint density at radius 2 is 1.90 bits per heavy atom. The summed E-state index contributed by atoms with van der Waals surface area (Å²) >= 11 is 0. The van der Waals surface area contributed by atoms with Crippen molar-refractivity contribution in [2.24, 2.45) is 5.92 Å². The van der Waals surface area contributed by atoms with Gasteiger partial charge in [-0.2, -0.15) is 0 Å². The number of ether oxygens (including phenoxy) is 1. The number of benzene rings is 1. The summed E-state index contributed by atoms with van der Waals surface area (Å²) in [6.07, 6.45) is 9.85. The molecule has 1 unspecified atom stereocenters. The zero-order valence-electron chi connectivity index (χ0n) is 18.2. The van der Waals surface area contributed by atoms with Gasteiger partial charge in [0.05, 0.1) is 11.8 Å². The van der Waals surface area contributed by atoms with Gasteiger partial charge in [-0.3, -0.25) is 4.90 Å². The molecule has 4 saturated heterocycles. The first-order valence-electron chi connectivity index (χ1n) is 11.4. The Morgan fingerprint density at radius 1 is 1.13 bits per heavy atom. The molecule has 4 aliphatic heterocycles. The maximum absolute atomic E-state index is 12.1. The van der Waals surface area contributed by atoms with E-state index in [1.807, 2.05) is 6.07 Å². The van der Waals surface area contributed by atoms with Crippen molar-refractivity contribution in [2.45, 2.75) is 43.4 Å². The minimum absolute atomic E-state index is 0.172. The van der Waals surface area contributed by atoms with Crippen LogP contribution in [0.3, 0.4) is 0 Å². The molecule has 2 bridgehead atoms. The molecule has 3 atom stereocenters. The van der Waals surface area contributed by atoms with Crippen LogP contribution in [0.15, 0.2) is 42.5 Å². The van der Waals surface area contributed by atoms with E-state index in [2.05, 4.69) is 52.1 Å². The largest absolute Gasteiger partial charge is 0.382 e. The first-order valence-corrected chi connectivity index (χ1v) is 11.4. The third-order valence-electron chi connectivity index (χ3n) is 7.50. The molecule has 0 amide bonds. The maximum Gasteiger partial charge on any atom is 0.128 e. The highest BCUT2D eigenvalue weighted by atomic mass is 16.5. The lowest BCUT2D eigenvalue weighted by Gasteiger charge is -2.54. The summed E-state index contributed by atoms with van der Waals surface area (Å²) in [6.45, 7) is 3.71. The molecule has 0 radical (unpaired) electrons. The molecule has 162 valence electrons. The Hall–Kier alpha value is -2.39. The summed E-state index contributed by atoms with van der Waals surface area (Å²) in [5.74, 6) is 4.05. The number of methoxy groups -OCH3 is 1. The number of aromatic nitrogens is 1. The third kappa shape index (κ3) is 3.53. The van der Waals surface area contributed by atoms with Crippen molar-refractivity contribution in [2.75, 3.05) is 38.2 Å². The van der Waals surface area contributed by atoms with Gasteiger partial charge < -0.3 is 14.7 Å². The van der Waals surface area contributed by atoms with E-state index in [-0.39, 0.29) is 18.1 Å². The summed E-state index contributed by atoms with van der Waals surface area (Å²) in [4.78, 5) is 9.67. The normalized spacial score (nSPS) is 32.2. The number of hydrogen-bond acceptors (Lipinski definition) is 5. The van der Waals surface area contributed by atoms with Crippen LogP contribution in [0, 0.1) is 18.3 Å². The molecule has 1 aromatic carbocycles. The van der Waals surface area contributed by atoms with E-state index in [0.717, 1.165) is 62.5 Å². The van der Waals surface area contributed by atoms with Crippen LogP contribution in [0.1, 0.15) is 36.1 Å². The Balaban J connectivity index is 1.57. The summed E-state index contributed by atoms with van der Waals surface area (Å²) in [5, 5.41) is 12.1. The van der Waals surface area contributed by atoms with Crippen molar-refractivity contribution in [1.29, 1.82) is 0 Å². The van der Waals surface area contributed by atoms with E-state index in [9.17, 15) is 5.11 Å². The Bertz CT molecular complexity index is 964. The lowest BCUT2D eigenvalue weighted by atomic mass is 9.66. The molecule has 4 aliphatic rings. The molecule has 0 aliphatic carbocycles. The third-order valence-corrected chi connectivity index (χ3v) is 7.50. The van der Waals surface area contributed by atoms with Gasteiger partial charge in [0, 0.05) is 32.2 Å². The van der Waals surface area contributed by atoms with E-state index in [4.69, 9.17) is 16.1 Å². The molecular formula is C26H31N3O2. The number of anilines is 1. The van der Waals surface area contributed by atoms with Gasteiger partial charge >= 0.3 is 0 Å². The van der Waals surface area contributed by atoms with Gasteiger partial charge in [0.1, 0.15) is 17.5 Å². The second-order valence-corrected chi connectivity index (χ2v) is 9.12. The second-order valence-electron chi connectivity index (χ2n) is 9.12. The fourth-order valence-electron chi connectivity index (χ4n) is 5.78. The number of rotatable bonds is 5. The number of fused-ring (bicyclic) bond motifs is 3. The highest BCUT2D eigenvalue weighted by Crippen LogP contribution is 2.48. The SMILES string of the molecule is C#CC1N2CCC(CC2)[C@@]1(O)c1ccc(N2CC[C@@H](OC)C2)nc1Cc1ccccc1. The van der Waals surface area contributed by atoms with Gasteiger partial charge in [-0.1, -0.05) is 42.3 Å². The van der Waals surface area contributed by atoms with Gasteiger partial charge in [-0.25, -0.2) is 4.98 Å². The van der Waals surface area contributed by atoms with Crippen LogP contribution in [-0.4, -0.2) is 60.4 Å². The smallest absolute Gasteiger partial charge is 0.128 e. The first kappa shape index (κ1) is 20.5. The summed E-state index contributed by atoms with van der Waals surface area (Å²) in [7, 11) is 1.77. The van der Waals surface area contributed by atoms with E-state index >= 15 is 0 Å². The lowest BCUT2D eigenvalue weighted by molar-refractivity contribution is -0.143. The van der Waals surface area contributed by atoms with Crippen molar-refractivity contribution < 1.29 is 9.84 Å². The number of hydrogen-bond donors (Lipinski definition) is 1. The van der Waals surface area contributed by atoms with E-state index in [1.54, 1.807) is 7.11 Å². The summed E-state index contributed by atoms with van der Waals surface area (Å²) in [6, 6.07) is 14.2. The van der Waals surface area contributed by atoms with Crippen LogP contribution in [-0.2, 0) is 16.8 Å². The highest BCUT2D eigenvalue weighted by molar-refractivity contribution is 5.47. The molecule has 6 rings (SSSR count). The fraction of sp³-hybridized carbons (Fsp3) is 0.500. The van der Waals surface area contributed by atoms with E-state index < -0.39 is 5.60 Å². The van der Waals surface area contributed by atoms with Gasteiger partial charge in [-0.05, 0) is 49.9 Å². The van der Waals surface area contributed by atoms with Crippen LogP contribution in [0.5, 0.6) is 0 Å². The summed E-state index contributed by atoms with van der Waals surface area (Å²) in [5.41, 5.74) is 1.97. The van der Waals surface area contributed by atoms with Crippen molar-refractivity contribution in [3.63, 3.8) is 0 Å². The topological polar surface area (TPSA) is 48.8 Å². The van der Waals surface area contributed by atoms with Gasteiger partial charge in [0.15, 0.2) is 0 Å². The first-order chi connectivity index (χ1) is 15.1. The molecule has 5 heterocycles. The van der Waals surface area contributed by atoms with Gasteiger partial charge in [0.2, 0.25) is 0 Å². The number of aliphatic hydroxyl groups is 1. The molecule has 5 nitrogen and oxygen atoms in total. The maximum atomic E-state index is 12.1. The van der Waals surface area contributed by atoms with E-state index in [1.165, 1.54) is 5.56 Å². The zero-order chi connectivity index (χ0) is 21.4. The molecule has 1 aromatic heterocycles. The zero-order valence-corrected chi connectivity index (χ0v) is 18.2. The molecule has 4 fully saturated rings. The average Bonchev–Trinajstić information content (AvgIpc) is 3.30. The minimum Gasteiger partial charge on any atom is -0.382 e. The van der Waals surface area contributed by atoms with Crippen LogP contribution >= 0.6 is 0 Å². The minimum atomic E-state index is -1.05. The van der Waals surface area contributed by atoms with Crippen LogP contribution in [0.2, 0.25) is 0 Å². The number of nitrogens with zero attached hydrogens (tertiary/aromatic N) is 3. The predicted molar refractivity (Wildman–Crippen MR) is 122 cm³/mol. The second kappa shape index (κ2) is 8.27. The Labute approximate surface area is 185 Å². The number of pyridine rings is 1. The van der Waals surface area contributed by atoms with Crippen molar-refractivity contribution in [1.82, 2.24) is 9.88 Å². The summed E-state index contributed by atoms with van der Waals surface area (Å²) < 4.78 is 5.55. The van der Waals surface area contributed by atoms with Crippen molar-refractivity contribution >= 4 is 5.82 Å². The van der Waals surface area contributed by atoms with Crippen molar-refractivity contribution in [3.8, 4) is 12.3 Å². The molecule has 31 heavy (non-hydrogen) atoms. The van der Waals surface area contributed by atoms with E-state index in [0.29, 0.717) is 6.42 Å². The van der Waals surface area contributed by atoms with Crippen LogP contribution < -0.4 is 4.90 Å². The molecule has 2 aromatic rings. The predicted octanol–water partition coefficient (Wildman–Crippen LogP) is 2.81. The van der Waals surface area contributed by atoms with Crippen molar-refractivity contribution in [3.05, 3.63) is 59.3 Å². The highest BCUT2D eigenvalue weighted by Gasteiger charge is 2.54. The average molecular weight is 418 g/mol. The number of piperidine rings is 3. The van der Waals surface area contributed by atoms with Gasteiger partial charge in [0.25, 0.3) is 0 Å². The fourth-order valence-corrected chi connectivity index (χ4v) is 5.78. The van der Waals surface area contributed by atoms with Gasteiger partial charge in [-0.15, -0.1) is 6.42 Å².